The summed E-state index contributed by atoms with van der Waals surface area (Å²) >= 11 is 0. The van der Waals surface area contributed by atoms with E-state index in [1.54, 1.807) is 0 Å². The fourth-order valence-corrected chi connectivity index (χ4v) is 2.34. The molecule has 1 fully saturated rings. The summed E-state index contributed by atoms with van der Waals surface area (Å²) in [7, 11) is 0. The van der Waals surface area contributed by atoms with Gasteiger partial charge < -0.3 is 19.7 Å². The van der Waals surface area contributed by atoms with Crippen LogP contribution in [0.5, 0.6) is 0 Å². The maximum absolute atomic E-state index is 12.4. The standard InChI is InChI=1S/C12H14F2N2O4/c13-10(14)6-15-3-1-2-8(15)11(18)16-5-7(17)4-9(16)12(19)20/h1-3,7,9-10,17H,4-6H2,(H,19,20)/t7-,9+/m1/s1. The third-order valence-corrected chi connectivity index (χ3v) is 3.21. The first-order valence-electron chi connectivity index (χ1n) is 6.05. The molecule has 2 atom stereocenters. The fraction of sp³-hybridized carbons (Fsp3) is 0.500. The van der Waals surface area contributed by atoms with Crippen molar-refractivity contribution in [1.29, 1.82) is 0 Å². The number of carbonyl (C=O) groups excluding carboxylic acids is 1. The van der Waals surface area contributed by atoms with Crippen molar-refractivity contribution >= 4 is 11.9 Å². The largest absolute Gasteiger partial charge is 0.480 e. The highest BCUT2D eigenvalue weighted by Gasteiger charge is 2.39. The number of nitrogens with zero attached hydrogens (tertiary/aromatic N) is 2. The molecule has 2 N–H and O–H groups in total. The number of carbonyl (C=O) groups is 2. The van der Waals surface area contributed by atoms with E-state index in [-0.39, 0.29) is 18.7 Å². The van der Waals surface area contributed by atoms with E-state index in [1.165, 1.54) is 18.3 Å². The molecule has 0 bridgehead atoms. The van der Waals surface area contributed by atoms with Crippen LogP contribution >= 0.6 is 0 Å². The molecule has 0 aliphatic carbocycles. The Morgan fingerprint density at radius 3 is 2.75 bits per heavy atom. The molecule has 6 nitrogen and oxygen atoms in total. The number of halogens is 2. The van der Waals surface area contributed by atoms with E-state index in [2.05, 4.69) is 0 Å². The first-order chi connectivity index (χ1) is 9.40. The molecule has 0 unspecified atom stereocenters. The number of carboxylic acid groups (broad SMARTS) is 1. The molecule has 1 aromatic heterocycles. The van der Waals surface area contributed by atoms with Gasteiger partial charge in [0.1, 0.15) is 11.7 Å². The normalized spacial score (nSPS) is 22.5. The van der Waals surface area contributed by atoms with Gasteiger partial charge in [0.25, 0.3) is 12.3 Å². The first-order valence-corrected chi connectivity index (χ1v) is 6.05. The highest BCUT2D eigenvalue weighted by atomic mass is 19.3. The van der Waals surface area contributed by atoms with Gasteiger partial charge >= 0.3 is 5.97 Å². The number of β-amino-alcohol motifs (C(OH)–C–C–N with tert-alkyl or cyclic N) is 1. The third kappa shape index (κ3) is 2.79. The molecule has 0 spiro atoms. The van der Waals surface area contributed by atoms with Gasteiger partial charge in [0, 0.05) is 19.2 Å². The van der Waals surface area contributed by atoms with Crippen LogP contribution in [0.3, 0.4) is 0 Å². The Morgan fingerprint density at radius 1 is 1.45 bits per heavy atom. The number of rotatable bonds is 4. The molecule has 20 heavy (non-hydrogen) atoms. The van der Waals surface area contributed by atoms with Crippen molar-refractivity contribution in [3.8, 4) is 0 Å². The minimum atomic E-state index is -2.62. The Kier molecular flexibility index (Phi) is 4.03. The van der Waals surface area contributed by atoms with E-state index >= 15 is 0 Å². The molecule has 1 aromatic rings. The van der Waals surface area contributed by atoms with Crippen molar-refractivity contribution < 1.29 is 28.6 Å². The Bertz CT molecular complexity index is 517. The Hall–Kier alpha value is -1.96. The molecule has 2 rings (SSSR count). The number of aliphatic carboxylic acids is 1. The molecule has 8 heteroatoms. The van der Waals surface area contributed by atoms with Crippen LogP contribution in [-0.4, -0.2) is 56.7 Å². The number of aliphatic hydroxyl groups is 1. The number of amides is 1. The number of carboxylic acids is 1. The van der Waals surface area contributed by atoms with Gasteiger partial charge in [0.2, 0.25) is 0 Å². The summed E-state index contributed by atoms with van der Waals surface area (Å²) in [4.78, 5) is 24.3. The molecule has 1 aliphatic heterocycles. The molecule has 0 saturated carbocycles. The zero-order chi connectivity index (χ0) is 14.9. The SMILES string of the molecule is O=C(O)[C@@H]1C[C@@H](O)CN1C(=O)c1cccn1CC(F)F. The van der Waals surface area contributed by atoms with Crippen LogP contribution in [0.2, 0.25) is 0 Å². The second kappa shape index (κ2) is 5.58. The minimum Gasteiger partial charge on any atom is -0.480 e. The van der Waals surface area contributed by atoms with Crippen molar-refractivity contribution in [1.82, 2.24) is 9.47 Å². The van der Waals surface area contributed by atoms with E-state index in [1.807, 2.05) is 0 Å². The molecular weight excluding hydrogens is 274 g/mol. The Balaban J connectivity index is 2.22. The average Bonchev–Trinajstić information content (AvgIpc) is 2.94. The number of aromatic nitrogens is 1. The van der Waals surface area contributed by atoms with Gasteiger partial charge in [0.05, 0.1) is 12.6 Å². The van der Waals surface area contributed by atoms with Gasteiger partial charge in [-0.15, -0.1) is 0 Å². The maximum atomic E-state index is 12.4. The summed E-state index contributed by atoms with van der Waals surface area (Å²) in [5, 5.41) is 18.5. The third-order valence-electron chi connectivity index (χ3n) is 3.21. The van der Waals surface area contributed by atoms with Gasteiger partial charge in [0.15, 0.2) is 0 Å². The maximum Gasteiger partial charge on any atom is 0.326 e. The highest BCUT2D eigenvalue weighted by Crippen LogP contribution is 2.21. The van der Waals surface area contributed by atoms with Gasteiger partial charge in [-0.3, -0.25) is 4.79 Å². The summed E-state index contributed by atoms with van der Waals surface area (Å²) in [6.07, 6.45) is -2.26. The van der Waals surface area contributed by atoms with Gasteiger partial charge in [-0.1, -0.05) is 0 Å². The number of alkyl halides is 2. The number of hydrogen-bond acceptors (Lipinski definition) is 3. The quantitative estimate of drug-likeness (QED) is 0.841. The number of likely N-dealkylation sites (tertiary alicyclic amines) is 1. The van der Waals surface area contributed by atoms with Crippen molar-refractivity contribution in [2.24, 2.45) is 0 Å². The lowest BCUT2D eigenvalue weighted by Crippen LogP contribution is -2.41. The van der Waals surface area contributed by atoms with Crippen LogP contribution in [0, 0.1) is 0 Å². The first kappa shape index (κ1) is 14.4. The van der Waals surface area contributed by atoms with E-state index in [9.17, 15) is 23.5 Å². The Morgan fingerprint density at radius 2 is 2.15 bits per heavy atom. The van der Waals surface area contributed by atoms with Crippen LogP contribution in [0.4, 0.5) is 8.78 Å². The van der Waals surface area contributed by atoms with Gasteiger partial charge in [-0.25, -0.2) is 13.6 Å². The average molecular weight is 288 g/mol. The number of hydrogen-bond donors (Lipinski definition) is 2. The zero-order valence-electron chi connectivity index (χ0n) is 10.4. The summed E-state index contributed by atoms with van der Waals surface area (Å²) in [6.45, 7) is -0.752. The van der Waals surface area contributed by atoms with Crippen molar-refractivity contribution in [3.05, 3.63) is 24.0 Å². The predicted octanol–water partition coefficient (Wildman–Crippen LogP) is 0.413. The lowest BCUT2D eigenvalue weighted by Gasteiger charge is -2.21. The summed E-state index contributed by atoms with van der Waals surface area (Å²) in [5.74, 6) is -1.89. The molecule has 2 heterocycles. The van der Waals surface area contributed by atoms with Crippen LogP contribution in [-0.2, 0) is 11.3 Å². The van der Waals surface area contributed by atoms with Crippen LogP contribution in [0.25, 0.3) is 0 Å². The van der Waals surface area contributed by atoms with E-state index in [0.717, 1.165) is 9.47 Å². The van der Waals surface area contributed by atoms with Crippen LogP contribution < -0.4 is 0 Å². The van der Waals surface area contributed by atoms with Crippen molar-refractivity contribution in [3.63, 3.8) is 0 Å². The lowest BCUT2D eigenvalue weighted by molar-refractivity contribution is -0.141. The van der Waals surface area contributed by atoms with Crippen LogP contribution in [0.15, 0.2) is 18.3 Å². The molecule has 0 aromatic carbocycles. The van der Waals surface area contributed by atoms with Crippen molar-refractivity contribution in [2.75, 3.05) is 6.54 Å². The minimum absolute atomic E-state index is 0.00866. The topological polar surface area (TPSA) is 82.8 Å². The highest BCUT2D eigenvalue weighted by molar-refractivity contribution is 5.95. The monoisotopic (exact) mass is 288 g/mol. The molecular formula is C12H14F2N2O4. The lowest BCUT2D eigenvalue weighted by atomic mass is 10.2. The molecule has 1 saturated heterocycles. The second-order valence-corrected chi connectivity index (χ2v) is 4.64. The Labute approximate surface area is 113 Å². The second-order valence-electron chi connectivity index (χ2n) is 4.64. The molecule has 0 radical (unpaired) electrons. The number of aliphatic hydroxyl groups excluding tert-OH is 1. The fourth-order valence-electron chi connectivity index (χ4n) is 2.34. The van der Waals surface area contributed by atoms with E-state index in [0.29, 0.717) is 0 Å². The zero-order valence-corrected chi connectivity index (χ0v) is 10.4. The molecule has 110 valence electrons. The van der Waals surface area contributed by atoms with Gasteiger partial charge in [-0.05, 0) is 12.1 Å². The summed E-state index contributed by atoms with van der Waals surface area (Å²) in [5.41, 5.74) is -0.00866. The van der Waals surface area contributed by atoms with Crippen molar-refractivity contribution in [2.45, 2.75) is 31.5 Å². The summed E-state index contributed by atoms with van der Waals surface area (Å²) in [6, 6.07) is 1.67. The smallest absolute Gasteiger partial charge is 0.326 e. The van der Waals surface area contributed by atoms with E-state index < -0.39 is 37.0 Å². The van der Waals surface area contributed by atoms with E-state index in [4.69, 9.17) is 5.11 Å². The van der Waals surface area contributed by atoms with Gasteiger partial charge in [-0.2, -0.15) is 0 Å². The molecule has 1 aliphatic rings. The van der Waals surface area contributed by atoms with Crippen LogP contribution in [0.1, 0.15) is 16.9 Å². The predicted molar refractivity (Wildman–Crippen MR) is 63.5 cm³/mol. The molecule has 1 amide bonds. The summed E-state index contributed by atoms with van der Waals surface area (Å²) < 4.78 is 25.9.